The number of aryl methyl sites for hydroxylation is 2. The van der Waals surface area contributed by atoms with Crippen LogP contribution in [0.1, 0.15) is 29.8 Å². The van der Waals surface area contributed by atoms with E-state index in [-0.39, 0.29) is 23.5 Å². The highest BCUT2D eigenvalue weighted by Crippen LogP contribution is 2.22. The molecule has 2 heterocycles. The van der Waals surface area contributed by atoms with Crippen molar-refractivity contribution in [3.63, 3.8) is 0 Å². The number of thioether (sulfide) groups is 1. The molecule has 4 rings (SSSR count). The lowest BCUT2D eigenvalue weighted by Crippen LogP contribution is -2.28. The Morgan fingerprint density at radius 1 is 0.972 bits per heavy atom. The molecule has 1 saturated heterocycles. The highest BCUT2D eigenvalue weighted by Gasteiger charge is 2.21. The van der Waals surface area contributed by atoms with Gasteiger partial charge in [-0.15, -0.1) is 0 Å². The summed E-state index contributed by atoms with van der Waals surface area (Å²) in [6.07, 6.45) is 1.49. The lowest BCUT2D eigenvalue weighted by atomic mass is 9.99. The summed E-state index contributed by atoms with van der Waals surface area (Å²) in [5, 5.41) is 6.49. The van der Waals surface area contributed by atoms with Crippen molar-refractivity contribution in [3.8, 4) is 5.75 Å². The zero-order chi connectivity index (χ0) is 25.3. The molecule has 188 valence electrons. The van der Waals surface area contributed by atoms with Gasteiger partial charge in [0.2, 0.25) is 11.8 Å². The molecule has 2 amide bonds. The molecule has 0 spiro atoms. The molecule has 0 aliphatic carbocycles. The van der Waals surface area contributed by atoms with Crippen LogP contribution in [0, 0.1) is 19.8 Å². The Kier molecular flexibility index (Phi) is 8.91. The molecule has 9 heteroatoms. The quantitative estimate of drug-likeness (QED) is 0.318. The third-order valence-electron chi connectivity index (χ3n) is 5.60. The van der Waals surface area contributed by atoms with Gasteiger partial charge in [0, 0.05) is 48.0 Å². The molecule has 8 nitrogen and oxygen atoms in total. The fraction of sp³-hybridized carbons (Fsp3) is 0.333. The van der Waals surface area contributed by atoms with E-state index in [1.54, 1.807) is 0 Å². The second-order valence-electron chi connectivity index (χ2n) is 8.66. The van der Waals surface area contributed by atoms with Crippen molar-refractivity contribution in [1.29, 1.82) is 0 Å². The van der Waals surface area contributed by atoms with E-state index >= 15 is 0 Å². The van der Waals surface area contributed by atoms with Gasteiger partial charge in [0.05, 0.1) is 5.75 Å². The largest absolute Gasteiger partial charge is 0.489 e. The molecule has 2 N–H and O–H groups in total. The van der Waals surface area contributed by atoms with Crippen molar-refractivity contribution in [3.05, 3.63) is 71.5 Å². The summed E-state index contributed by atoms with van der Waals surface area (Å²) in [6.45, 7) is 5.39. The van der Waals surface area contributed by atoms with E-state index in [0.717, 1.165) is 29.8 Å². The number of rotatable bonds is 9. The van der Waals surface area contributed by atoms with Crippen LogP contribution in [0.3, 0.4) is 0 Å². The molecule has 0 radical (unpaired) electrons. The van der Waals surface area contributed by atoms with Gasteiger partial charge >= 0.3 is 0 Å². The fourth-order valence-corrected chi connectivity index (χ4v) is 4.61. The summed E-state index contributed by atoms with van der Waals surface area (Å²) in [6, 6.07) is 16.8. The van der Waals surface area contributed by atoms with Gasteiger partial charge in [-0.2, -0.15) is 0 Å². The van der Waals surface area contributed by atoms with Crippen molar-refractivity contribution in [2.24, 2.45) is 5.92 Å². The maximum absolute atomic E-state index is 12.5. The molecule has 2 aromatic carbocycles. The highest BCUT2D eigenvalue weighted by atomic mass is 32.2. The summed E-state index contributed by atoms with van der Waals surface area (Å²) in [5.41, 5.74) is 4.07. The first-order chi connectivity index (χ1) is 17.4. The fourth-order valence-electron chi connectivity index (χ4n) is 3.86. The molecule has 36 heavy (non-hydrogen) atoms. The van der Waals surface area contributed by atoms with Crippen molar-refractivity contribution < 1.29 is 19.1 Å². The lowest BCUT2D eigenvalue weighted by molar-refractivity contribution is -0.122. The zero-order valence-corrected chi connectivity index (χ0v) is 21.3. The number of anilines is 2. The van der Waals surface area contributed by atoms with Gasteiger partial charge in [-0.25, -0.2) is 9.97 Å². The number of amides is 2. The number of hydrogen-bond acceptors (Lipinski definition) is 7. The van der Waals surface area contributed by atoms with Crippen molar-refractivity contribution >= 4 is 35.0 Å². The van der Waals surface area contributed by atoms with Crippen LogP contribution in [0.2, 0.25) is 0 Å². The van der Waals surface area contributed by atoms with Crippen molar-refractivity contribution in [2.45, 2.75) is 38.5 Å². The second-order valence-corrected chi connectivity index (χ2v) is 9.61. The Morgan fingerprint density at radius 3 is 2.42 bits per heavy atom. The minimum Gasteiger partial charge on any atom is -0.489 e. The zero-order valence-electron chi connectivity index (χ0n) is 20.5. The van der Waals surface area contributed by atoms with Gasteiger partial charge < -0.3 is 20.1 Å². The van der Waals surface area contributed by atoms with Gasteiger partial charge in [0.25, 0.3) is 0 Å². The highest BCUT2D eigenvalue weighted by molar-refractivity contribution is 7.99. The maximum Gasteiger partial charge on any atom is 0.234 e. The van der Waals surface area contributed by atoms with Crippen LogP contribution in [0.25, 0.3) is 0 Å². The van der Waals surface area contributed by atoms with Crippen LogP contribution in [-0.2, 0) is 20.9 Å². The summed E-state index contributed by atoms with van der Waals surface area (Å²) < 4.78 is 11.3. The maximum atomic E-state index is 12.5. The number of carbonyl (C=O) groups excluding carboxylic acids is 2. The van der Waals surface area contributed by atoms with Crippen LogP contribution >= 0.6 is 11.8 Å². The molecule has 1 aliphatic heterocycles. The normalized spacial score (nSPS) is 13.7. The van der Waals surface area contributed by atoms with E-state index in [2.05, 4.69) is 20.6 Å². The van der Waals surface area contributed by atoms with E-state index < -0.39 is 0 Å². The van der Waals surface area contributed by atoms with E-state index in [4.69, 9.17) is 9.47 Å². The number of nitrogens with one attached hydrogen (secondary N) is 2. The van der Waals surface area contributed by atoms with Gasteiger partial charge in [0.15, 0.2) is 5.16 Å². The summed E-state index contributed by atoms with van der Waals surface area (Å²) in [5.74, 6) is 0.734. The lowest BCUT2D eigenvalue weighted by Gasteiger charge is -2.21. The van der Waals surface area contributed by atoms with Gasteiger partial charge in [-0.3, -0.25) is 9.59 Å². The van der Waals surface area contributed by atoms with E-state index in [0.29, 0.717) is 42.1 Å². The van der Waals surface area contributed by atoms with E-state index in [9.17, 15) is 9.59 Å². The Balaban J connectivity index is 1.27. The minimum absolute atomic E-state index is 0.0150. The molecule has 1 aromatic heterocycles. The third-order valence-corrected chi connectivity index (χ3v) is 6.45. The molecule has 0 saturated carbocycles. The average Bonchev–Trinajstić information content (AvgIpc) is 2.87. The van der Waals surface area contributed by atoms with E-state index in [1.165, 1.54) is 11.8 Å². The van der Waals surface area contributed by atoms with Gasteiger partial charge in [0.1, 0.15) is 12.4 Å². The Labute approximate surface area is 215 Å². The molecule has 3 aromatic rings. The number of ether oxygens (including phenoxy) is 2. The molecule has 0 unspecified atom stereocenters. The molecule has 1 aliphatic rings. The van der Waals surface area contributed by atoms with Crippen LogP contribution in [0.15, 0.2) is 59.8 Å². The standard InChI is InChI=1S/C27H30N4O4S/c1-18-13-19(2)29-27(28-18)36-17-25(32)30-22-6-3-5-20(14-22)16-35-24-8-4-7-23(15-24)31-26(33)21-9-11-34-12-10-21/h3-8,13-15,21H,9-12,16-17H2,1-2H3,(H,30,32)(H,31,33). The molecule has 0 bridgehead atoms. The third kappa shape index (κ3) is 7.79. The molecular weight excluding hydrogens is 476 g/mol. The molecule has 1 fully saturated rings. The predicted octanol–water partition coefficient (Wildman–Crippen LogP) is 4.77. The van der Waals surface area contributed by atoms with Crippen LogP contribution in [0.4, 0.5) is 11.4 Å². The van der Waals surface area contributed by atoms with Gasteiger partial charge in [-0.05, 0) is 62.6 Å². The Bertz CT molecular complexity index is 1190. The number of nitrogens with zero attached hydrogens (tertiary/aromatic N) is 2. The average molecular weight is 507 g/mol. The Hall–Kier alpha value is -3.43. The van der Waals surface area contributed by atoms with Crippen LogP contribution < -0.4 is 15.4 Å². The van der Waals surface area contributed by atoms with Crippen LogP contribution in [-0.4, -0.2) is 40.7 Å². The first kappa shape index (κ1) is 25.7. The smallest absolute Gasteiger partial charge is 0.234 e. The van der Waals surface area contributed by atoms with Crippen molar-refractivity contribution in [1.82, 2.24) is 9.97 Å². The van der Waals surface area contributed by atoms with Crippen LogP contribution in [0.5, 0.6) is 5.75 Å². The Morgan fingerprint density at radius 2 is 1.67 bits per heavy atom. The predicted molar refractivity (Wildman–Crippen MR) is 140 cm³/mol. The number of carbonyl (C=O) groups is 2. The first-order valence-electron chi connectivity index (χ1n) is 11.9. The second kappa shape index (κ2) is 12.5. The topological polar surface area (TPSA) is 102 Å². The van der Waals surface area contributed by atoms with Crippen molar-refractivity contribution in [2.75, 3.05) is 29.6 Å². The number of aromatic nitrogens is 2. The first-order valence-corrected chi connectivity index (χ1v) is 12.9. The molecular formula is C27H30N4O4S. The molecule has 0 atom stereocenters. The minimum atomic E-state index is -0.131. The summed E-state index contributed by atoms with van der Waals surface area (Å²) in [4.78, 5) is 33.6. The number of hydrogen-bond donors (Lipinski definition) is 2. The summed E-state index contributed by atoms with van der Waals surface area (Å²) >= 11 is 1.31. The number of benzene rings is 2. The van der Waals surface area contributed by atoms with E-state index in [1.807, 2.05) is 68.4 Å². The van der Waals surface area contributed by atoms with Gasteiger partial charge in [-0.1, -0.05) is 30.0 Å². The SMILES string of the molecule is Cc1cc(C)nc(SCC(=O)Nc2cccc(COc3cccc(NC(=O)C4CCOCC4)c3)c2)n1. The summed E-state index contributed by atoms with van der Waals surface area (Å²) in [7, 11) is 0. The monoisotopic (exact) mass is 506 g/mol.